The van der Waals surface area contributed by atoms with Crippen molar-refractivity contribution in [2.45, 2.75) is 19.8 Å². The van der Waals surface area contributed by atoms with Crippen LogP contribution in [0, 0.1) is 0 Å². The molecule has 0 spiro atoms. The zero-order chi connectivity index (χ0) is 31.9. The molecule has 232 valence electrons. The largest absolute Gasteiger partial charge is 0.494 e. The first kappa shape index (κ1) is 30.5. The molecule has 0 aliphatic carbocycles. The van der Waals surface area contributed by atoms with Crippen LogP contribution < -0.4 is 24.3 Å². The zero-order valence-corrected chi connectivity index (χ0v) is 26.4. The van der Waals surface area contributed by atoms with Crippen LogP contribution in [0.15, 0.2) is 96.4 Å². The van der Waals surface area contributed by atoms with Gasteiger partial charge in [0.05, 0.1) is 23.9 Å². The lowest BCUT2D eigenvalue weighted by Crippen LogP contribution is -2.23. The number of para-hydroxylation sites is 1. The summed E-state index contributed by atoms with van der Waals surface area (Å²) in [5, 5.41) is 9.38. The summed E-state index contributed by atoms with van der Waals surface area (Å²) >= 11 is 1.28. The number of benzene rings is 3. The monoisotopic (exact) mass is 631 g/mol. The molecule has 0 fully saturated rings. The third kappa shape index (κ3) is 6.77. The third-order valence-corrected chi connectivity index (χ3v) is 8.05. The number of unbranched alkanes of at least 4 members (excludes halogenated alkanes) is 1. The minimum Gasteiger partial charge on any atom is -0.494 e. The molecule has 0 unspecified atom stereocenters. The van der Waals surface area contributed by atoms with Gasteiger partial charge in [-0.15, -0.1) is 5.10 Å². The molecule has 9 nitrogen and oxygen atoms in total. The van der Waals surface area contributed by atoms with Crippen LogP contribution in [0.25, 0.3) is 40.1 Å². The highest BCUT2D eigenvalue weighted by atomic mass is 32.1. The van der Waals surface area contributed by atoms with Crippen molar-refractivity contribution in [2.75, 3.05) is 20.3 Å². The summed E-state index contributed by atoms with van der Waals surface area (Å²) in [5.41, 5.74) is 3.98. The van der Waals surface area contributed by atoms with E-state index in [1.54, 1.807) is 19.3 Å². The Morgan fingerprint density at radius 2 is 1.83 bits per heavy atom. The quantitative estimate of drug-likeness (QED) is 0.107. The van der Waals surface area contributed by atoms with Crippen molar-refractivity contribution in [2.24, 2.45) is 0 Å². The second kappa shape index (κ2) is 14.1. The fourth-order valence-electron chi connectivity index (χ4n) is 4.79. The minimum absolute atomic E-state index is 0.243. The van der Waals surface area contributed by atoms with Gasteiger partial charge in [-0.1, -0.05) is 79.8 Å². The summed E-state index contributed by atoms with van der Waals surface area (Å²) in [6.07, 6.45) is 11.1. The first-order valence-electron chi connectivity index (χ1n) is 15.0. The Kier molecular flexibility index (Phi) is 9.35. The lowest BCUT2D eigenvalue weighted by atomic mass is 10.1. The van der Waals surface area contributed by atoms with Gasteiger partial charge >= 0.3 is 0 Å². The minimum atomic E-state index is -0.243. The van der Waals surface area contributed by atoms with Crippen LogP contribution in [0.2, 0.25) is 0 Å². The first-order valence-corrected chi connectivity index (χ1v) is 15.8. The third-order valence-electron chi connectivity index (χ3n) is 7.09. The number of hydrogen-bond donors (Lipinski definition) is 0. The van der Waals surface area contributed by atoms with Gasteiger partial charge in [-0.25, -0.2) is 4.68 Å². The molecule has 0 saturated heterocycles. The number of ether oxygens (including phenoxy) is 3. The maximum atomic E-state index is 13.5. The average molecular weight is 632 g/mol. The van der Waals surface area contributed by atoms with Crippen LogP contribution in [0.4, 0.5) is 0 Å². The summed E-state index contributed by atoms with van der Waals surface area (Å²) in [6.45, 7) is 6.85. The van der Waals surface area contributed by atoms with Gasteiger partial charge in [-0.3, -0.25) is 4.79 Å². The van der Waals surface area contributed by atoms with E-state index in [4.69, 9.17) is 19.3 Å². The Hall–Kier alpha value is -5.48. The molecule has 0 saturated carbocycles. The number of aromatic nitrogens is 5. The normalized spacial score (nSPS) is 11.8. The van der Waals surface area contributed by atoms with Crippen molar-refractivity contribution >= 4 is 34.5 Å². The van der Waals surface area contributed by atoms with E-state index in [9.17, 15) is 4.79 Å². The zero-order valence-electron chi connectivity index (χ0n) is 25.6. The Morgan fingerprint density at radius 3 is 2.61 bits per heavy atom. The standard InChI is InChI=1S/C36H33N5O4S/c1-4-6-20-44-29-14-10-11-26(22-29)34-27(24-40(39-34)28-12-8-7-9-13-28)23-32-35(42)41-36(46-32)37-33(38-41)18-16-25-15-17-30(45-19-5-2)31(21-25)43-3/h5,7-18,21-24H,2,4,6,19-20H2,1,3H3/b18-16+,32-23-. The second-order valence-electron chi connectivity index (χ2n) is 10.4. The molecule has 0 bridgehead atoms. The summed E-state index contributed by atoms with van der Waals surface area (Å²) in [7, 11) is 1.59. The van der Waals surface area contributed by atoms with Crippen LogP contribution in [0.5, 0.6) is 17.2 Å². The van der Waals surface area contributed by atoms with Gasteiger partial charge in [0.1, 0.15) is 18.1 Å². The van der Waals surface area contributed by atoms with Gasteiger partial charge < -0.3 is 14.2 Å². The van der Waals surface area contributed by atoms with Crippen LogP contribution in [-0.4, -0.2) is 44.7 Å². The lowest BCUT2D eigenvalue weighted by molar-refractivity contribution is 0.309. The van der Waals surface area contributed by atoms with Crippen molar-refractivity contribution in [1.29, 1.82) is 0 Å². The molecule has 0 radical (unpaired) electrons. The number of fused-ring (bicyclic) bond motifs is 1. The lowest BCUT2D eigenvalue weighted by Gasteiger charge is -2.09. The molecule has 0 aliphatic rings. The molecule has 10 heteroatoms. The van der Waals surface area contributed by atoms with E-state index in [2.05, 4.69) is 23.6 Å². The van der Waals surface area contributed by atoms with E-state index in [1.165, 1.54) is 15.9 Å². The van der Waals surface area contributed by atoms with Gasteiger partial charge in [-0.2, -0.15) is 14.6 Å². The number of rotatable bonds is 13. The molecule has 6 rings (SSSR count). The van der Waals surface area contributed by atoms with Gasteiger partial charge in [0.15, 0.2) is 17.3 Å². The highest BCUT2D eigenvalue weighted by Crippen LogP contribution is 2.29. The van der Waals surface area contributed by atoms with Gasteiger partial charge in [-0.05, 0) is 60.5 Å². The first-order chi connectivity index (χ1) is 22.6. The highest BCUT2D eigenvalue weighted by molar-refractivity contribution is 7.15. The molecule has 46 heavy (non-hydrogen) atoms. The molecule has 0 N–H and O–H groups in total. The van der Waals surface area contributed by atoms with E-state index >= 15 is 0 Å². The summed E-state index contributed by atoms with van der Waals surface area (Å²) in [6, 6.07) is 23.4. The highest BCUT2D eigenvalue weighted by Gasteiger charge is 2.15. The summed E-state index contributed by atoms with van der Waals surface area (Å²) in [5.74, 6) is 2.45. The van der Waals surface area contributed by atoms with E-state index < -0.39 is 0 Å². The molecule has 0 amide bonds. The molecule has 6 aromatic rings. The van der Waals surface area contributed by atoms with Crippen LogP contribution in [0.1, 0.15) is 36.7 Å². The molecule has 3 aromatic heterocycles. The maximum Gasteiger partial charge on any atom is 0.291 e. The van der Waals surface area contributed by atoms with Crippen molar-refractivity contribution in [3.63, 3.8) is 0 Å². The van der Waals surface area contributed by atoms with Gasteiger partial charge in [0, 0.05) is 17.3 Å². The Labute approximate surface area is 270 Å². The van der Waals surface area contributed by atoms with Crippen molar-refractivity contribution in [3.05, 3.63) is 123 Å². The van der Waals surface area contributed by atoms with Gasteiger partial charge in [0.25, 0.3) is 5.56 Å². The van der Waals surface area contributed by atoms with Crippen molar-refractivity contribution in [1.82, 2.24) is 24.4 Å². The fraction of sp³-hybridized carbons (Fsp3) is 0.167. The number of hydrogen-bond acceptors (Lipinski definition) is 8. The Bertz CT molecular complexity index is 2110. The SMILES string of the molecule is C=CCOc1ccc(/C=C/c2nc3s/c(=C\c4cn(-c5ccccc5)nc4-c4cccc(OCCCC)c4)c(=O)n3n2)cc1OC. The maximum absolute atomic E-state index is 13.5. The number of methoxy groups -OCH3 is 1. The van der Waals surface area contributed by atoms with E-state index in [0.29, 0.717) is 40.0 Å². The van der Waals surface area contributed by atoms with E-state index in [-0.39, 0.29) is 5.56 Å². The topological polar surface area (TPSA) is 92.8 Å². The van der Waals surface area contributed by atoms with Crippen molar-refractivity contribution < 1.29 is 14.2 Å². The average Bonchev–Trinajstić information content (AvgIpc) is 3.78. The van der Waals surface area contributed by atoms with Crippen LogP contribution in [-0.2, 0) is 0 Å². The fourth-order valence-corrected chi connectivity index (χ4v) is 5.69. The van der Waals surface area contributed by atoms with E-state index in [1.807, 2.05) is 95.8 Å². The molecular formula is C36H33N5O4S. The van der Waals surface area contributed by atoms with Crippen molar-refractivity contribution in [3.8, 4) is 34.2 Å². The molecule has 3 aromatic carbocycles. The molecule has 0 aliphatic heterocycles. The molecule has 3 heterocycles. The number of nitrogens with zero attached hydrogens (tertiary/aromatic N) is 5. The Morgan fingerprint density at radius 1 is 0.957 bits per heavy atom. The smallest absolute Gasteiger partial charge is 0.291 e. The van der Waals surface area contributed by atoms with Gasteiger partial charge in [0.2, 0.25) is 4.96 Å². The Balaban J connectivity index is 1.32. The van der Waals surface area contributed by atoms with Crippen LogP contribution >= 0.6 is 11.3 Å². The molecule has 0 atom stereocenters. The second-order valence-corrected chi connectivity index (χ2v) is 11.4. The van der Waals surface area contributed by atoms with E-state index in [0.717, 1.165) is 46.7 Å². The summed E-state index contributed by atoms with van der Waals surface area (Å²) < 4.78 is 20.7. The van der Waals surface area contributed by atoms with Crippen LogP contribution in [0.3, 0.4) is 0 Å². The predicted octanol–water partition coefficient (Wildman–Crippen LogP) is 6.47. The predicted molar refractivity (Wildman–Crippen MR) is 183 cm³/mol. The number of thiazole rings is 1. The molecular weight excluding hydrogens is 598 g/mol. The summed E-state index contributed by atoms with van der Waals surface area (Å²) in [4.78, 5) is 18.6.